The van der Waals surface area contributed by atoms with Crippen LogP contribution >= 0.6 is 11.6 Å². The Morgan fingerprint density at radius 3 is 2.35 bits per heavy atom. The number of methoxy groups -OCH3 is 1. The summed E-state index contributed by atoms with van der Waals surface area (Å²) in [6.07, 6.45) is 0.706. The van der Waals surface area contributed by atoms with E-state index in [1.54, 1.807) is 12.1 Å². The molecule has 26 heavy (non-hydrogen) atoms. The molecule has 0 atom stereocenters. The van der Waals surface area contributed by atoms with Crippen LogP contribution in [0.4, 0.5) is 0 Å². The molecule has 0 aliphatic carbocycles. The lowest BCUT2D eigenvalue weighted by atomic mass is 9.78. The van der Waals surface area contributed by atoms with E-state index in [4.69, 9.17) is 25.6 Å². The molecule has 1 aliphatic rings. The van der Waals surface area contributed by atoms with Crippen molar-refractivity contribution in [1.82, 2.24) is 4.98 Å². The molecule has 0 amide bonds. The number of carbonyl (C=O) groups excluding carboxylic acids is 1. The van der Waals surface area contributed by atoms with Crippen LogP contribution in [-0.4, -0.2) is 36.7 Å². The van der Waals surface area contributed by atoms with Crippen LogP contribution in [0, 0.1) is 0 Å². The average Bonchev–Trinajstić information content (AvgIpc) is 2.82. The number of benzene rings is 1. The van der Waals surface area contributed by atoms with Crippen molar-refractivity contribution in [1.29, 1.82) is 0 Å². The standard InChI is InChI=1S/C19H21BClNO4/c1-18(2)19(3,4)26-20(25-18)14-8-6-7-13(16(14)21)15-10-9-12(11-23)17(22-15)24-5/h6-11H,1-5H3. The molecule has 0 spiro atoms. The molecule has 7 heteroatoms. The molecule has 5 nitrogen and oxygen atoms in total. The lowest BCUT2D eigenvalue weighted by Gasteiger charge is -2.32. The topological polar surface area (TPSA) is 57.6 Å². The first kappa shape index (κ1) is 18.9. The molecule has 0 bridgehead atoms. The largest absolute Gasteiger partial charge is 0.496 e. The summed E-state index contributed by atoms with van der Waals surface area (Å²) >= 11 is 6.67. The first-order chi connectivity index (χ1) is 12.2. The Kier molecular flexibility index (Phi) is 4.86. The van der Waals surface area contributed by atoms with Gasteiger partial charge in [0, 0.05) is 16.0 Å². The summed E-state index contributed by atoms with van der Waals surface area (Å²) in [5, 5.41) is 0.499. The van der Waals surface area contributed by atoms with E-state index in [0.29, 0.717) is 22.6 Å². The normalized spacial score (nSPS) is 18.0. The third kappa shape index (κ3) is 3.13. The number of rotatable bonds is 4. The zero-order valence-electron chi connectivity index (χ0n) is 15.5. The maximum atomic E-state index is 11.1. The molecule has 0 radical (unpaired) electrons. The minimum atomic E-state index is -0.566. The minimum Gasteiger partial charge on any atom is -0.480 e. The molecular weight excluding hydrogens is 352 g/mol. The minimum absolute atomic E-state index is 0.259. The molecule has 1 fully saturated rings. The van der Waals surface area contributed by atoms with E-state index in [-0.39, 0.29) is 5.88 Å². The Hall–Kier alpha value is -1.89. The number of hydrogen-bond acceptors (Lipinski definition) is 5. The molecule has 0 unspecified atom stereocenters. The van der Waals surface area contributed by atoms with Crippen LogP contribution in [0.15, 0.2) is 30.3 Å². The maximum absolute atomic E-state index is 11.1. The SMILES string of the molecule is COc1nc(-c2cccc(B3OC(C)(C)C(C)(C)O3)c2Cl)ccc1C=O. The number of ether oxygens (including phenoxy) is 1. The van der Waals surface area contributed by atoms with Gasteiger partial charge in [0.1, 0.15) is 0 Å². The van der Waals surface area contributed by atoms with E-state index in [9.17, 15) is 4.79 Å². The van der Waals surface area contributed by atoms with Gasteiger partial charge in [0.2, 0.25) is 5.88 Å². The zero-order chi connectivity index (χ0) is 19.1. The number of aldehydes is 1. The van der Waals surface area contributed by atoms with E-state index in [2.05, 4.69) is 4.98 Å². The van der Waals surface area contributed by atoms with Gasteiger partial charge in [-0.05, 0) is 39.8 Å². The van der Waals surface area contributed by atoms with Crippen molar-refractivity contribution in [3.05, 3.63) is 40.9 Å². The number of halogens is 1. The van der Waals surface area contributed by atoms with Crippen molar-refractivity contribution in [2.24, 2.45) is 0 Å². The molecule has 0 N–H and O–H groups in total. The Morgan fingerprint density at radius 2 is 1.77 bits per heavy atom. The number of nitrogens with zero attached hydrogens (tertiary/aromatic N) is 1. The number of carbonyl (C=O) groups is 1. The Labute approximate surface area is 158 Å². The fourth-order valence-electron chi connectivity index (χ4n) is 2.75. The summed E-state index contributed by atoms with van der Waals surface area (Å²) in [6.45, 7) is 7.98. The Balaban J connectivity index is 2.03. The van der Waals surface area contributed by atoms with Gasteiger partial charge in [-0.3, -0.25) is 4.79 Å². The van der Waals surface area contributed by atoms with E-state index in [1.165, 1.54) is 7.11 Å². The first-order valence-corrected chi connectivity index (χ1v) is 8.72. The van der Waals surface area contributed by atoms with Crippen molar-refractivity contribution < 1.29 is 18.8 Å². The summed E-state index contributed by atoms with van der Waals surface area (Å²) in [7, 11) is 0.908. The van der Waals surface area contributed by atoms with Gasteiger partial charge in [0.05, 0.1) is 29.6 Å². The summed E-state index contributed by atoms with van der Waals surface area (Å²) < 4.78 is 17.4. The van der Waals surface area contributed by atoms with E-state index < -0.39 is 18.3 Å². The number of hydrogen-bond donors (Lipinski definition) is 0. The highest BCUT2D eigenvalue weighted by molar-refractivity contribution is 6.66. The number of aromatic nitrogens is 1. The molecular formula is C19H21BClNO4. The highest BCUT2D eigenvalue weighted by Crippen LogP contribution is 2.38. The van der Waals surface area contributed by atoms with Crippen LogP contribution < -0.4 is 10.2 Å². The smallest absolute Gasteiger partial charge is 0.480 e. The zero-order valence-corrected chi connectivity index (χ0v) is 16.3. The van der Waals surface area contributed by atoms with Crippen molar-refractivity contribution in [2.45, 2.75) is 38.9 Å². The summed E-state index contributed by atoms with van der Waals surface area (Å²) in [6, 6.07) is 9.02. The fourth-order valence-corrected chi connectivity index (χ4v) is 3.07. The number of pyridine rings is 1. The van der Waals surface area contributed by atoms with Gasteiger partial charge in [-0.25, -0.2) is 4.98 Å². The van der Waals surface area contributed by atoms with E-state index in [0.717, 1.165) is 11.0 Å². The third-order valence-electron chi connectivity index (χ3n) is 5.02. The van der Waals surface area contributed by atoms with E-state index >= 15 is 0 Å². The molecule has 136 valence electrons. The van der Waals surface area contributed by atoms with Gasteiger partial charge in [-0.2, -0.15) is 0 Å². The van der Waals surface area contributed by atoms with Crippen molar-refractivity contribution >= 4 is 30.5 Å². The van der Waals surface area contributed by atoms with Gasteiger partial charge in [-0.15, -0.1) is 0 Å². The second kappa shape index (κ2) is 6.69. The predicted molar refractivity (Wildman–Crippen MR) is 102 cm³/mol. The van der Waals surface area contributed by atoms with E-state index in [1.807, 2.05) is 45.9 Å². The van der Waals surface area contributed by atoms with Gasteiger partial charge in [0.15, 0.2) is 6.29 Å². The van der Waals surface area contributed by atoms with Crippen LogP contribution in [-0.2, 0) is 9.31 Å². The summed E-state index contributed by atoms with van der Waals surface area (Å²) in [5.74, 6) is 0.259. The first-order valence-electron chi connectivity index (χ1n) is 8.35. The Morgan fingerprint density at radius 1 is 1.12 bits per heavy atom. The molecule has 1 aliphatic heterocycles. The van der Waals surface area contributed by atoms with Gasteiger partial charge >= 0.3 is 7.12 Å². The fraction of sp³-hybridized carbons (Fsp3) is 0.368. The van der Waals surface area contributed by atoms with Crippen LogP contribution in [0.2, 0.25) is 5.02 Å². The van der Waals surface area contributed by atoms with Crippen LogP contribution in [0.25, 0.3) is 11.3 Å². The van der Waals surface area contributed by atoms with Crippen molar-refractivity contribution in [2.75, 3.05) is 7.11 Å². The van der Waals surface area contributed by atoms with Gasteiger partial charge in [-0.1, -0.05) is 29.8 Å². The second-order valence-corrected chi connectivity index (χ2v) is 7.59. The maximum Gasteiger partial charge on any atom is 0.496 e. The van der Waals surface area contributed by atoms with Crippen LogP contribution in [0.3, 0.4) is 0 Å². The van der Waals surface area contributed by atoms with Gasteiger partial charge in [0.25, 0.3) is 0 Å². The Bertz CT molecular complexity index is 837. The lowest BCUT2D eigenvalue weighted by Crippen LogP contribution is -2.41. The highest BCUT2D eigenvalue weighted by Gasteiger charge is 2.52. The summed E-state index contributed by atoms with van der Waals surface area (Å²) in [4.78, 5) is 15.5. The molecule has 1 aromatic heterocycles. The van der Waals surface area contributed by atoms with Crippen LogP contribution in [0.5, 0.6) is 5.88 Å². The molecule has 2 heterocycles. The molecule has 1 saturated heterocycles. The molecule has 3 rings (SSSR count). The molecule has 0 saturated carbocycles. The van der Waals surface area contributed by atoms with Crippen molar-refractivity contribution in [3.63, 3.8) is 0 Å². The molecule has 2 aromatic rings. The second-order valence-electron chi connectivity index (χ2n) is 7.21. The van der Waals surface area contributed by atoms with Gasteiger partial charge < -0.3 is 14.0 Å². The summed E-state index contributed by atoms with van der Waals surface area (Å²) in [5.41, 5.74) is 1.54. The van der Waals surface area contributed by atoms with Crippen molar-refractivity contribution in [3.8, 4) is 17.1 Å². The third-order valence-corrected chi connectivity index (χ3v) is 5.44. The molecule has 1 aromatic carbocycles. The van der Waals surface area contributed by atoms with Crippen LogP contribution in [0.1, 0.15) is 38.1 Å². The highest BCUT2D eigenvalue weighted by atomic mass is 35.5. The quantitative estimate of drug-likeness (QED) is 0.606. The average molecular weight is 374 g/mol. The monoisotopic (exact) mass is 373 g/mol. The lowest BCUT2D eigenvalue weighted by molar-refractivity contribution is 0.00578. The predicted octanol–water partition coefficient (Wildman–Crippen LogP) is 3.52.